The molecule has 2 aromatic carbocycles. The number of hydrogen-bond donors (Lipinski definition) is 1. The van der Waals surface area contributed by atoms with E-state index in [1.807, 2.05) is 0 Å². The Balaban J connectivity index is 1.53. The molecule has 1 atom stereocenters. The van der Waals surface area contributed by atoms with Crippen molar-refractivity contribution in [3.05, 3.63) is 64.7 Å². The van der Waals surface area contributed by atoms with Crippen molar-refractivity contribution in [2.45, 2.75) is 13.0 Å². The van der Waals surface area contributed by atoms with E-state index in [1.165, 1.54) is 6.92 Å². The van der Waals surface area contributed by atoms with Crippen molar-refractivity contribution in [3.63, 3.8) is 0 Å². The first-order valence-electron chi connectivity index (χ1n) is 8.12. The van der Waals surface area contributed by atoms with Gasteiger partial charge in [0.15, 0.2) is 0 Å². The number of amides is 3. The van der Waals surface area contributed by atoms with Crippen molar-refractivity contribution in [2.75, 3.05) is 13.2 Å². The Morgan fingerprint density at radius 1 is 1.08 bits per heavy atom. The van der Waals surface area contributed by atoms with Gasteiger partial charge >= 0.3 is 0 Å². The lowest BCUT2D eigenvalue weighted by Crippen LogP contribution is -2.48. The highest BCUT2D eigenvalue weighted by atomic mass is 35.5. The van der Waals surface area contributed by atoms with Crippen LogP contribution in [-0.2, 0) is 4.79 Å². The third-order valence-electron chi connectivity index (χ3n) is 4.08. The van der Waals surface area contributed by atoms with Crippen LogP contribution in [0.2, 0.25) is 5.02 Å². The molecule has 1 N–H and O–H groups in total. The maximum absolute atomic E-state index is 12.4. The van der Waals surface area contributed by atoms with Gasteiger partial charge in [0.05, 0.1) is 17.7 Å². The number of imide groups is 1. The third kappa shape index (κ3) is 3.55. The summed E-state index contributed by atoms with van der Waals surface area (Å²) in [5, 5.41) is 3.28. The molecule has 0 spiro atoms. The Morgan fingerprint density at radius 2 is 1.65 bits per heavy atom. The lowest BCUT2D eigenvalue weighted by atomic mass is 10.1. The van der Waals surface area contributed by atoms with Crippen LogP contribution < -0.4 is 10.1 Å². The molecule has 26 heavy (non-hydrogen) atoms. The van der Waals surface area contributed by atoms with Gasteiger partial charge in [-0.1, -0.05) is 23.7 Å². The monoisotopic (exact) mass is 372 g/mol. The molecule has 2 aromatic rings. The summed E-state index contributed by atoms with van der Waals surface area (Å²) in [5.41, 5.74) is 0.645. The van der Waals surface area contributed by atoms with Gasteiger partial charge in [-0.05, 0) is 43.3 Å². The van der Waals surface area contributed by atoms with Gasteiger partial charge in [0.2, 0.25) is 5.91 Å². The molecule has 0 unspecified atom stereocenters. The largest absolute Gasteiger partial charge is 0.492 e. The van der Waals surface area contributed by atoms with Crippen molar-refractivity contribution < 1.29 is 19.1 Å². The Morgan fingerprint density at radius 3 is 2.23 bits per heavy atom. The minimum atomic E-state index is -0.905. The fraction of sp³-hybridized carbons (Fsp3) is 0.211. The molecule has 0 aliphatic carbocycles. The van der Waals surface area contributed by atoms with Crippen molar-refractivity contribution in [1.82, 2.24) is 10.2 Å². The summed E-state index contributed by atoms with van der Waals surface area (Å²) in [5.74, 6) is -0.687. The first kappa shape index (κ1) is 17.9. The zero-order chi connectivity index (χ0) is 18.7. The van der Waals surface area contributed by atoms with E-state index in [9.17, 15) is 14.4 Å². The second-order valence-electron chi connectivity index (χ2n) is 5.80. The smallest absolute Gasteiger partial charge is 0.262 e. The van der Waals surface area contributed by atoms with E-state index in [0.717, 1.165) is 4.90 Å². The van der Waals surface area contributed by atoms with Crippen LogP contribution in [0.25, 0.3) is 0 Å². The maximum Gasteiger partial charge on any atom is 0.262 e. The highest BCUT2D eigenvalue weighted by molar-refractivity contribution is 6.30. The number of fused-ring (bicyclic) bond motifs is 1. The van der Waals surface area contributed by atoms with Crippen molar-refractivity contribution >= 4 is 29.3 Å². The highest BCUT2D eigenvalue weighted by Gasteiger charge is 2.40. The molecular formula is C19H17ClN2O4. The first-order chi connectivity index (χ1) is 12.5. The van der Waals surface area contributed by atoms with Gasteiger partial charge in [-0.15, -0.1) is 0 Å². The molecule has 0 saturated carbocycles. The maximum atomic E-state index is 12.4. The third-order valence-corrected chi connectivity index (χ3v) is 4.33. The average Bonchev–Trinajstić information content (AvgIpc) is 2.90. The number of carbonyl (C=O) groups excluding carboxylic acids is 3. The van der Waals surface area contributed by atoms with Crippen LogP contribution in [0.15, 0.2) is 48.5 Å². The van der Waals surface area contributed by atoms with E-state index in [-0.39, 0.29) is 13.2 Å². The molecule has 0 saturated heterocycles. The minimum absolute atomic E-state index is 0.245. The van der Waals surface area contributed by atoms with E-state index >= 15 is 0 Å². The fourth-order valence-electron chi connectivity index (χ4n) is 2.70. The number of carbonyl (C=O) groups is 3. The van der Waals surface area contributed by atoms with E-state index in [4.69, 9.17) is 16.3 Å². The van der Waals surface area contributed by atoms with Gasteiger partial charge in [0, 0.05) is 5.02 Å². The molecular weight excluding hydrogens is 356 g/mol. The number of hydrogen-bond acceptors (Lipinski definition) is 4. The quantitative estimate of drug-likeness (QED) is 0.624. The highest BCUT2D eigenvalue weighted by Crippen LogP contribution is 2.24. The molecule has 0 fully saturated rings. The number of halogens is 1. The van der Waals surface area contributed by atoms with Crippen LogP contribution in [0.1, 0.15) is 27.6 Å². The summed E-state index contributed by atoms with van der Waals surface area (Å²) in [6.45, 7) is 2.02. The molecule has 0 bridgehead atoms. The number of ether oxygens (including phenoxy) is 1. The van der Waals surface area contributed by atoms with Gasteiger partial charge in [-0.2, -0.15) is 0 Å². The number of rotatable bonds is 6. The topological polar surface area (TPSA) is 75.7 Å². The normalized spacial score (nSPS) is 14.2. The van der Waals surface area contributed by atoms with Crippen LogP contribution in [0.3, 0.4) is 0 Å². The first-order valence-corrected chi connectivity index (χ1v) is 8.50. The van der Waals surface area contributed by atoms with Crippen LogP contribution >= 0.6 is 11.6 Å². The molecule has 134 valence electrons. The van der Waals surface area contributed by atoms with E-state index in [2.05, 4.69) is 5.32 Å². The lowest BCUT2D eigenvalue weighted by Gasteiger charge is -2.21. The molecule has 3 rings (SSSR count). The van der Waals surface area contributed by atoms with Crippen molar-refractivity contribution in [1.29, 1.82) is 0 Å². The van der Waals surface area contributed by atoms with Crippen molar-refractivity contribution in [3.8, 4) is 5.75 Å². The van der Waals surface area contributed by atoms with E-state index in [1.54, 1.807) is 48.5 Å². The van der Waals surface area contributed by atoms with E-state index < -0.39 is 23.8 Å². The minimum Gasteiger partial charge on any atom is -0.492 e. The van der Waals surface area contributed by atoms with Crippen LogP contribution in [0.4, 0.5) is 0 Å². The zero-order valence-electron chi connectivity index (χ0n) is 14.1. The zero-order valence-corrected chi connectivity index (χ0v) is 14.8. The predicted molar refractivity (Wildman–Crippen MR) is 96.4 cm³/mol. The van der Waals surface area contributed by atoms with Crippen molar-refractivity contribution in [2.24, 2.45) is 0 Å². The summed E-state index contributed by atoms with van der Waals surface area (Å²) >= 11 is 5.80. The Labute approximate surface area is 155 Å². The summed E-state index contributed by atoms with van der Waals surface area (Å²) in [4.78, 5) is 38.1. The Bertz CT molecular complexity index is 816. The molecule has 1 heterocycles. The Kier molecular flexibility index (Phi) is 5.23. The van der Waals surface area contributed by atoms with Crippen LogP contribution in [-0.4, -0.2) is 41.8 Å². The second-order valence-corrected chi connectivity index (χ2v) is 6.23. The van der Waals surface area contributed by atoms with Gasteiger partial charge < -0.3 is 10.1 Å². The molecule has 0 radical (unpaired) electrons. The molecule has 1 aliphatic heterocycles. The molecule has 3 amide bonds. The summed E-state index contributed by atoms with van der Waals surface area (Å²) < 4.78 is 5.49. The molecule has 0 aromatic heterocycles. The summed E-state index contributed by atoms with van der Waals surface area (Å²) in [6, 6.07) is 12.5. The number of nitrogens with zero attached hydrogens (tertiary/aromatic N) is 1. The lowest BCUT2D eigenvalue weighted by molar-refractivity contribution is -0.124. The predicted octanol–water partition coefficient (Wildman–Crippen LogP) is 2.52. The van der Waals surface area contributed by atoms with Gasteiger partial charge in [0.1, 0.15) is 18.4 Å². The fourth-order valence-corrected chi connectivity index (χ4v) is 2.82. The summed E-state index contributed by atoms with van der Waals surface area (Å²) in [6.07, 6.45) is 0. The Hall–Kier alpha value is -2.86. The molecule has 7 heteroatoms. The second kappa shape index (κ2) is 7.58. The van der Waals surface area contributed by atoms with Crippen LogP contribution in [0.5, 0.6) is 5.75 Å². The molecule has 1 aliphatic rings. The van der Waals surface area contributed by atoms with E-state index in [0.29, 0.717) is 21.9 Å². The molecule has 6 nitrogen and oxygen atoms in total. The van der Waals surface area contributed by atoms with Crippen LogP contribution in [0, 0.1) is 0 Å². The number of benzene rings is 2. The summed E-state index contributed by atoms with van der Waals surface area (Å²) in [7, 11) is 0. The SMILES string of the molecule is C[C@@H](C(=O)NCCOc1ccc(Cl)cc1)N1C(=O)c2ccccc2C1=O. The van der Waals surface area contributed by atoms with Gasteiger partial charge in [-0.25, -0.2) is 0 Å². The average molecular weight is 373 g/mol. The van der Waals surface area contributed by atoms with Gasteiger partial charge in [0.25, 0.3) is 11.8 Å². The number of nitrogens with one attached hydrogen (secondary N) is 1. The standard InChI is InChI=1S/C19H17ClN2O4/c1-12(22-18(24)15-4-2-3-5-16(15)19(22)25)17(23)21-10-11-26-14-8-6-13(20)7-9-14/h2-9,12H,10-11H2,1H3,(H,21,23)/t12-/m0/s1. The van der Waals surface area contributed by atoms with Gasteiger partial charge in [-0.3, -0.25) is 19.3 Å².